The van der Waals surface area contributed by atoms with Crippen molar-refractivity contribution >= 4 is 20.9 Å². The van der Waals surface area contributed by atoms with E-state index in [1.165, 1.54) is 3.97 Å². The molecule has 1 aromatic heterocycles. The first-order chi connectivity index (χ1) is 9.89. The second kappa shape index (κ2) is 4.74. The molecule has 21 heavy (non-hydrogen) atoms. The molecule has 4 heteroatoms. The smallest absolute Gasteiger partial charge is 0.241 e. The maximum atomic E-state index is 12.8. The maximum absolute atomic E-state index is 12.8. The van der Waals surface area contributed by atoms with Crippen LogP contribution >= 0.6 is 0 Å². The Labute approximate surface area is 124 Å². The molecule has 0 saturated heterocycles. The fourth-order valence-corrected chi connectivity index (χ4v) is 3.92. The molecule has 0 unspecified atom stereocenters. The molecule has 0 aliphatic rings. The van der Waals surface area contributed by atoms with Crippen molar-refractivity contribution in [2.24, 2.45) is 0 Å². The number of benzene rings is 2. The Hall–Kier alpha value is -2.07. The van der Waals surface area contributed by atoms with Crippen molar-refractivity contribution in [3.8, 4) is 0 Å². The van der Waals surface area contributed by atoms with Gasteiger partial charge in [-0.2, -0.15) is 0 Å². The zero-order chi connectivity index (χ0) is 15.2. The van der Waals surface area contributed by atoms with Gasteiger partial charge in [0.25, 0.3) is 10.0 Å². The fraction of sp³-hybridized carbons (Fsp3) is 0.176. The zero-order valence-electron chi connectivity index (χ0n) is 12.3. The van der Waals surface area contributed by atoms with Gasteiger partial charge in [0.1, 0.15) is 0 Å². The molecule has 3 nitrogen and oxygen atoms in total. The quantitative estimate of drug-likeness (QED) is 0.722. The number of hydrogen-bond acceptors (Lipinski definition) is 2. The summed E-state index contributed by atoms with van der Waals surface area (Å²) < 4.78 is 27.0. The molecule has 0 fully saturated rings. The number of hydrogen-bond donors (Lipinski definition) is 0. The topological polar surface area (TPSA) is 39.1 Å². The van der Waals surface area contributed by atoms with Gasteiger partial charge in [0, 0.05) is 11.6 Å². The molecule has 0 aliphatic carbocycles. The molecule has 2 aromatic carbocycles. The van der Waals surface area contributed by atoms with E-state index >= 15 is 0 Å². The zero-order valence-corrected chi connectivity index (χ0v) is 13.1. The Morgan fingerprint density at radius 3 is 2.14 bits per heavy atom. The minimum absolute atomic E-state index is 0.311. The maximum Gasteiger partial charge on any atom is 0.268 e. The van der Waals surface area contributed by atoms with E-state index in [0.717, 1.165) is 27.6 Å². The van der Waals surface area contributed by atoms with Crippen LogP contribution in [0.3, 0.4) is 0 Å². The largest absolute Gasteiger partial charge is 0.268 e. The van der Waals surface area contributed by atoms with Gasteiger partial charge in [-0.15, -0.1) is 0 Å². The first kappa shape index (κ1) is 13.9. The predicted octanol–water partition coefficient (Wildman–Crippen LogP) is 3.80. The van der Waals surface area contributed by atoms with Crippen LogP contribution in [0.4, 0.5) is 0 Å². The Bertz CT molecular complexity index is 919. The molecule has 3 rings (SSSR count). The third kappa shape index (κ3) is 2.25. The van der Waals surface area contributed by atoms with Crippen molar-refractivity contribution in [1.82, 2.24) is 3.97 Å². The van der Waals surface area contributed by atoms with Gasteiger partial charge in [-0.25, -0.2) is 12.4 Å². The molecule has 0 atom stereocenters. The van der Waals surface area contributed by atoms with Gasteiger partial charge in [0.2, 0.25) is 0 Å². The first-order valence-electron chi connectivity index (χ1n) is 6.80. The van der Waals surface area contributed by atoms with Gasteiger partial charge in [-0.05, 0) is 50.6 Å². The lowest BCUT2D eigenvalue weighted by molar-refractivity contribution is 0.589. The average Bonchev–Trinajstić information content (AvgIpc) is 2.77. The fourth-order valence-electron chi connectivity index (χ4n) is 2.50. The summed E-state index contributed by atoms with van der Waals surface area (Å²) in [5.41, 5.74) is 3.84. The van der Waals surface area contributed by atoms with Crippen LogP contribution < -0.4 is 0 Å². The molecule has 0 bridgehead atoms. The third-order valence-electron chi connectivity index (χ3n) is 3.70. The van der Waals surface area contributed by atoms with Gasteiger partial charge in [-0.1, -0.05) is 29.3 Å². The molecule has 0 N–H and O–H groups in total. The standard InChI is InChI=1S/C17H17NO2S/c1-12-4-7-15(8-5-12)21(19,20)18-11-14(3)16-10-13(2)6-9-17(16)18/h4-11H,1-3H3. The highest BCUT2D eigenvalue weighted by molar-refractivity contribution is 7.90. The summed E-state index contributed by atoms with van der Waals surface area (Å²) in [6.45, 7) is 5.88. The highest BCUT2D eigenvalue weighted by Crippen LogP contribution is 2.26. The number of fused-ring (bicyclic) bond motifs is 1. The van der Waals surface area contributed by atoms with Crippen LogP contribution in [0.15, 0.2) is 53.6 Å². The summed E-state index contributed by atoms with van der Waals surface area (Å²) in [5, 5.41) is 0.977. The van der Waals surface area contributed by atoms with Crippen LogP contribution in [0.25, 0.3) is 10.9 Å². The number of rotatable bonds is 2. The molecular weight excluding hydrogens is 282 g/mol. The highest BCUT2D eigenvalue weighted by atomic mass is 32.2. The third-order valence-corrected chi connectivity index (χ3v) is 5.39. The SMILES string of the molecule is Cc1ccc(S(=O)(=O)n2cc(C)c3cc(C)ccc32)cc1. The summed E-state index contributed by atoms with van der Waals surface area (Å²) in [7, 11) is -3.56. The van der Waals surface area contributed by atoms with E-state index in [1.54, 1.807) is 18.3 Å². The summed E-state index contributed by atoms with van der Waals surface area (Å²) in [6.07, 6.45) is 1.69. The minimum atomic E-state index is -3.56. The van der Waals surface area contributed by atoms with Gasteiger partial charge in [0.05, 0.1) is 10.4 Å². The number of nitrogens with zero attached hydrogens (tertiary/aromatic N) is 1. The second-order valence-electron chi connectivity index (χ2n) is 5.45. The predicted molar refractivity (Wildman–Crippen MR) is 85.2 cm³/mol. The lowest BCUT2D eigenvalue weighted by atomic mass is 10.1. The molecule has 0 radical (unpaired) electrons. The Balaban J connectivity index is 2.26. The van der Waals surface area contributed by atoms with Gasteiger partial charge < -0.3 is 0 Å². The lowest BCUT2D eigenvalue weighted by Crippen LogP contribution is -2.11. The first-order valence-corrected chi connectivity index (χ1v) is 8.24. The average molecular weight is 299 g/mol. The summed E-state index contributed by atoms with van der Waals surface area (Å²) in [6, 6.07) is 12.8. The second-order valence-corrected chi connectivity index (χ2v) is 7.26. The van der Waals surface area contributed by atoms with Crippen molar-refractivity contribution in [1.29, 1.82) is 0 Å². The van der Waals surface area contributed by atoms with Crippen LogP contribution in [0.1, 0.15) is 16.7 Å². The van der Waals surface area contributed by atoms with E-state index in [2.05, 4.69) is 0 Å². The van der Waals surface area contributed by atoms with Gasteiger partial charge in [0.15, 0.2) is 0 Å². The van der Waals surface area contributed by atoms with E-state index in [9.17, 15) is 8.42 Å². The van der Waals surface area contributed by atoms with Crippen molar-refractivity contribution in [2.75, 3.05) is 0 Å². The van der Waals surface area contributed by atoms with Gasteiger partial charge in [-0.3, -0.25) is 0 Å². The van der Waals surface area contributed by atoms with E-state index in [1.807, 2.05) is 51.1 Å². The van der Waals surface area contributed by atoms with Crippen LogP contribution in [-0.4, -0.2) is 12.4 Å². The molecule has 1 heterocycles. The summed E-state index contributed by atoms with van der Waals surface area (Å²) in [4.78, 5) is 0.311. The van der Waals surface area contributed by atoms with E-state index in [-0.39, 0.29) is 0 Å². The Morgan fingerprint density at radius 1 is 0.857 bits per heavy atom. The lowest BCUT2D eigenvalue weighted by Gasteiger charge is -2.08. The van der Waals surface area contributed by atoms with Gasteiger partial charge >= 0.3 is 0 Å². The molecular formula is C17H17NO2S. The Kier molecular flexibility index (Phi) is 3.14. The molecule has 0 amide bonds. The van der Waals surface area contributed by atoms with Crippen LogP contribution in [0.5, 0.6) is 0 Å². The highest BCUT2D eigenvalue weighted by Gasteiger charge is 2.20. The minimum Gasteiger partial charge on any atom is -0.241 e. The molecule has 3 aromatic rings. The monoisotopic (exact) mass is 299 g/mol. The van der Waals surface area contributed by atoms with Crippen molar-refractivity contribution < 1.29 is 8.42 Å². The summed E-state index contributed by atoms with van der Waals surface area (Å²) >= 11 is 0. The van der Waals surface area contributed by atoms with E-state index in [4.69, 9.17) is 0 Å². The molecule has 108 valence electrons. The van der Waals surface area contributed by atoms with Crippen LogP contribution in [0.2, 0.25) is 0 Å². The number of aromatic nitrogens is 1. The molecule has 0 aliphatic heterocycles. The molecule has 0 spiro atoms. The summed E-state index contributed by atoms with van der Waals surface area (Å²) in [5.74, 6) is 0. The normalized spacial score (nSPS) is 12.0. The van der Waals surface area contributed by atoms with Crippen molar-refractivity contribution in [3.05, 3.63) is 65.4 Å². The van der Waals surface area contributed by atoms with E-state index in [0.29, 0.717) is 4.90 Å². The van der Waals surface area contributed by atoms with Crippen LogP contribution in [-0.2, 0) is 10.0 Å². The number of aryl methyl sites for hydroxylation is 3. The van der Waals surface area contributed by atoms with Crippen LogP contribution in [0, 0.1) is 20.8 Å². The van der Waals surface area contributed by atoms with Crippen molar-refractivity contribution in [3.63, 3.8) is 0 Å². The van der Waals surface area contributed by atoms with Crippen molar-refractivity contribution in [2.45, 2.75) is 25.7 Å². The van der Waals surface area contributed by atoms with E-state index < -0.39 is 10.0 Å². The Morgan fingerprint density at radius 2 is 1.48 bits per heavy atom. The molecule has 0 saturated carbocycles.